The second-order valence-electron chi connectivity index (χ2n) is 10.5. The highest BCUT2D eigenvalue weighted by molar-refractivity contribution is 5.92. The number of Topliss-reactive ketones (excluding diaryl/α,β-unsaturated/α-hetero) is 1. The van der Waals surface area contributed by atoms with Crippen LogP contribution in [0.4, 0.5) is 4.39 Å². The summed E-state index contributed by atoms with van der Waals surface area (Å²) in [5.41, 5.74) is -5.90. The minimum Gasteiger partial charge on any atom is -0.481 e. The fourth-order valence-electron chi connectivity index (χ4n) is 7.86. The second-order valence-corrected chi connectivity index (χ2v) is 10.5. The lowest BCUT2D eigenvalue weighted by atomic mass is 9.41. The minimum absolute atomic E-state index is 0.0866. The number of fused-ring (bicyclic) bond motifs is 5. The van der Waals surface area contributed by atoms with Crippen molar-refractivity contribution in [1.29, 1.82) is 0 Å². The fraction of sp³-hybridized carbons (Fsp3) is 0.783. The Morgan fingerprint density at radius 3 is 2.52 bits per heavy atom. The zero-order valence-corrected chi connectivity index (χ0v) is 17.9. The zero-order valence-electron chi connectivity index (χ0n) is 17.9. The highest BCUT2D eigenvalue weighted by Crippen LogP contribution is 2.71. The van der Waals surface area contributed by atoms with Crippen molar-refractivity contribution in [3.63, 3.8) is 0 Å². The van der Waals surface area contributed by atoms with E-state index < -0.39 is 64.3 Å². The summed E-state index contributed by atoms with van der Waals surface area (Å²) in [6.45, 7) is 2.50. The molecule has 4 N–H and O–H groups in total. The number of aliphatic hydroxyl groups excluding tert-OH is 2. The van der Waals surface area contributed by atoms with Gasteiger partial charge in [-0.1, -0.05) is 19.4 Å². The van der Waals surface area contributed by atoms with Crippen LogP contribution in [0.2, 0.25) is 0 Å². The Bertz CT molecular complexity index is 870. The molecule has 0 radical (unpaired) electrons. The van der Waals surface area contributed by atoms with E-state index >= 15 is 4.39 Å². The molecule has 8 atom stereocenters. The van der Waals surface area contributed by atoms with Crippen LogP contribution in [0.1, 0.15) is 58.8 Å². The molecular formula is C23H31FO7. The van der Waals surface area contributed by atoms with Crippen molar-refractivity contribution < 1.29 is 39.2 Å². The van der Waals surface area contributed by atoms with Crippen LogP contribution in [-0.4, -0.2) is 61.9 Å². The Kier molecular flexibility index (Phi) is 5.04. The first-order valence-corrected chi connectivity index (χ1v) is 11.1. The van der Waals surface area contributed by atoms with Crippen molar-refractivity contribution in [2.24, 2.45) is 28.6 Å². The second kappa shape index (κ2) is 6.93. The highest BCUT2D eigenvalue weighted by Gasteiger charge is 2.75. The third-order valence-electron chi connectivity index (χ3n) is 9.52. The number of ketones is 2. The van der Waals surface area contributed by atoms with Gasteiger partial charge in [-0.15, -0.1) is 0 Å². The molecule has 0 aromatic heterocycles. The lowest BCUT2D eigenvalue weighted by Crippen LogP contribution is -2.71. The number of carbonyl (C=O) groups excluding carboxylic acids is 2. The topological polar surface area (TPSA) is 132 Å². The zero-order chi connectivity index (χ0) is 23.0. The van der Waals surface area contributed by atoms with Gasteiger partial charge in [-0.3, -0.25) is 14.4 Å². The SMILES string of the molecule is C[C@]12CC(O)[C@@]3(F)[C@@H](CCC4=CC(=O)CC(CC(=O)O)[C@@]43C)[C@@H]1CC[C@]2(O)C(=O)CO. The first-order valence-electron chi connectivity index (χ1n) is 11.1. The highest BCUT2D eigenvalue weighted by atomic mass is 19.1. The van der Waals surface area contributed by atoms with E-state index in [1.807, 2.05) is 0 Å². The molecule has 0 amide bonds. The van der Waals surface area contributed by atoms with Gasteiger partial charge in [-0.25, -0.2) is 4.39 Å². The van der Waals surface area contributed by atoms with E-state index in [4.69, 9.17) is 0 Å². The molecule has 172 valence electrons. The van der Waals surface area contributed by atoms with Crippen LogP contribution in [-0.2, 0) is 14.4 Å². The molecule has 4 rings (SSSR count). The average Bonchev–Trinajstić information content (AvgIpc) is 2.95. The third-order valence-corrected chi connectivity index (χ3v) is 9.52. The number of carboxylic acids is 1. The number of hydrogen-bond acceptors (Lipinski definition) is 6. The summed E-state index contributed by atoms with van der Waals surface area (Å²) >= 11 is 0. The molecule has 0 bridgehead atoms. The van der Waals surface area contributed by atoms with Crippen LogP contribution in [0.3, 0.4) is 0 Å². The molecule has 7 nitrogen and oxygen atoms in total. The number of rotatable bonds is 4. The van der Waals surface area contributed by atoms with Gasteiger partial charge in [0, 0.05) is 29.6 Å². The molecule has 0 aromatic carbocycles. The van der Waals surface area contributed by atoms with Crippen molar-refractivity contribution in [2.45, 2.75) is 76.2 Å². The molecule has 4 aliphatic carbocycles. The summed E-state index contributed by atoms with van der Waals surface area (Å²) in [6, 6.07) is 0. The van der Waals surface area contributed by atoms with Crippen LogP contribution in [0.15, 0.2) is 11.6 Å². The maximum atomic E-state index is 17.3. The van der Waals surface area contributed by atoms with Crippen LogP contribution in [0.25, 0.3) is 0 Å². The number of alkyl halides is 1. The van der Waals surface area contributed by atoms with Gasteiger partial charge < -0.3 is 20.4 Å². The minimum atomic E-state index is -2.18. The Hall–Kier alpha value is -1.64. The monoisotopic (exact) mass is 438 g/mol. The van der Waals surface area contributed by atoms with Crippen molar-refractivity contribution >= 4 is 17.5 Å². The van der Waals surface area contributed by atoms with E-state index in [2.05, 4.69) is 0 Å². The van der Waals surface area contributed by atoms with Crippen molar-refractivity contribution in [3.05, 3.63) is 11.6 Å². The van der Waals surface area contributed by atoms with Gasteiger partial charge in [0.15, 0.2) is 11.6 Å². The molecular weight excluding hydrogens is 407 g/mol. The van der Waals surface area contributed by atoms with Gasteiger partial charge in [-0.05, 0) is 50.0 Å². The van der Waals surface area contributed by atoms with Gasteiger partial charge >= 0.3 is 5.97 Å². The van der Waals surface area contributed by atoms with Crippen molar-refractivity contribution in [3.8, 4) is 0 Å². The van der Waals surface area contributed by atoms with Crippen LogP contribution in [0.5, 0.6) is 0 Å². The van der Waals surface area contributed by atoms with E-state index in [0.717, 1.165) is 0 Å². The van der Waals surface area contributed by atoms with E-state index in [-0.39, 0.29) is 31.5 Å². The van der Waals surface area contributed by atoms with E-state index in [1.165, 1.54) is 6.08 Å². The molecule has 0 spiro atoms. The van der Waals surface area contributed by atoms with Crippen molar-refractivity contribution in [1.82, 2.24) is 0 Å². The van der Waals surface area contributed by atoms with E-state index in [9.17, 15) is 34.8 Å². The van der Waals surface area contributed by atoms with Gasteiger partial charge in [0.1, 0.15) is 17.9 Å². The molecule has 2 unspecified atom stereocenters. The molecule has 0 heterocycles. The van der Waals surface area contributed by atoms with Gasteiger partial charge in [0.25, 0.3) is 0 Å². The smallest absolute Gasteiger partial charge is 0.303 e. The maximum Gasteiger partial charge on any atom is 0.303 e. The number of carbonyl (C=O) groups is 3. The normalized spacial score (nSPS) is 49.0. The number of allylic oxidation sites excluding steroid dienone is 1. The Balaban J connectivity index is 1.83. The van der Waals surface area contributed by atoms with E-state index in [1.54, 1.807) is 13.8 Å². The quantitative estimate of drug-likeness (QED) is 0.524. The molecule has 0 saturated heterocycles. The molecule has 4 aliphatic rings. The number of carboxylic acid groups (broad SMARTS) is 1. The first-order chi connectivity index (χ1) is 14.4. The molecule has 3 saturated carbocycles. The summed E-state index contributed by atoms with van der Waals surface area (Å²) in [7, 11) is 0. The van der Waals surface area contributed by atoms with Gasteiger partial charge in [-0.2, -0.15) is 0 Å². The summed E-state index contributed by atoms with van der Waals surface area (Å²) in [5, 5.41) is 41.3. The molecule has 3 fully saturated rings. The summed E-state index contributed by atoms with van der Waals surface area (Å²) in [4.78, 5) is 36.3. The first kappa shape index (κ1) is 22.6. The summed E-state index contributed by atoms with van der Waals surface area (Å²) in [6.07, 6.45) is 0.439. The van der Waals surface area contributed by atoms with Gasteiger partial charge in [0.2, 0.25) is 0 Å². The summed E-state index contributed by atoms with van der Waals surface area (Å²) in [5.74, 6) is -3.96. The predicted molar refractivity (Wildman–Crippen MR) is 107 cm³/mol. The molecule has 0 aromatic rings. The standard InChI is InChI=1S/C23H31FO7/c1-20-10-17(27)23(24)16(15(20)5-6-22(20,31)18(28)11-25)4-3-12-7-14(26)8-13(9-19(29)30)21(12,23)2/h7,13,15-17,25,27,31H,3-6,8-11H2,1-2H3,(H,29,30)/t13?,15-,16-,17?,20-,21+,22-,23-/m0/s1. The van der Waals surface area contributed by atoms with Crippen LogP contribution < -0.4 is 0 Å². The lowest BCUT2D eigenvalue weighted by Gasteiger charge is -2.65. The molecule has 8 heteroatoms. The number of hydrogen-bond donors (Lipinski definition) is 4. The maximum absolute atomic E-state index is 17.3. The Morgan fingerprint density at radius 1 is 1.23 bits per heavy atom. The molecule has 0 aliphatic heterocycles. The average molecular weight is 438 g/mol. The number of aliphatic carboxylic acids is 1. The molecule has 31 heavy (non-hydrogen) atoms. The number of aliphatic hydroxyl groups is 3. The largest absolute Gasteiger partial charge is 0.481 e. The lowest BCUT2D eigenvalue weighted by molar-refractivity contribution is -0.235. The Morgan fingerprint density at radius 2 is 1.90 bits per heavy atom. The van der Waals surface area contributed by atoms with Crippen LogP contribution in [0, 0.1) is 28.6 Å². The van der Waals surface area contributed by atoms with E-state index in [0.29, 0.717) is 24.8 Å². The number of halogens is 1. The van der Waals surface area contributed by atoms with Crippen molar-refractivity contribution in [2.75, 3.05) is 6.61 Å². The summed E-state index contributed by atoms with van der Waals surface area (Å²) < 4.78 is 17.3. The Labute approximate surface area is 180 Å². The predicted octanol–water partition coefficient (Wildman–Crippen LogP) is 1.57. The fourth-order valence-corrected chi connectivity index (χ4v) is 7.86. The van der Waals surface area contributed by atoms with Crippen LogP contribution >= 0.6 is 0 Å². The van der Waals surface area contributed by atoms with Gasteiger partial charge in [0.05, 0.1) is 6.10 Å². The third kappa shape index (κ3) is 2.64.